The van der Waals surface area contributed by atoms with Gasteiger partial charge in [0.25, 0.3) is 0 Å². The summed E-state index contributed by atoms with van der Waals surface area (Å²) >= 11 is 2.83. The van der Waals surface area contributed by atoms with E-state index < -0.39 is 29.8 Å². The van der Waals surface area contributed by atoms with Gasteiger partial charge in [0, 0.05) is 16.0 Å². The summed E-state index contributed by atoms with van der Waals surface area (Å²) in [6.45, 7) is 3.89. The minimum atomic E-state index is -1.16. The van der Waals surface area contributed by atoms with Crippen molar-refractivity contribution in [3.8, 4) is 5.75 Å². The first-order chi connectivity index (χ1) is 19.7. The van der Waals surface area contributed by atoms with Gasteiger partial charge in [-0.15, -0.1) is 11.8 Å². The molecule has 3 aromatic rings. The number of aliphatic carboxylic acids is 1. The van der Waals surface area contributed by atoms with E-state index in [1.54, 1.807) is 25.6 Å². The average molecular weight is 591 g/mol. The fourth-order valence-corrected chi connectivity index (χ4v) is 10.8. The van der Waals surface area contributed by atoms with Gasteiger partial charge in [0.05, 0.1) is 16.9 Å². The van der Waals surface area contributed by atoms with Gasteiger partial charge in [-0.1, -0.05) is 67.6 Å². The molecular weight excluding hydrogens is 560 g/mol. The molecule has 0 radical (unpaired) electrons. The number of carbonyl (C=O) groups excluding carboxylic acids is 2. The molecule has 10 heteroatoms. The fourth-order valence-electron chi connectivity index (χ4n) is 7.92. The summed E-state index contributed by atoms with van der Waals surface area (Å²) in [5.74, 6) is -2.75. The number of carboxylic acids is 1. The maximum Gasteiger partial charge on any atom is 0.327 e. The number of carbonyl (C=O) groups is 3. The summed E-state index contributed by atoms with van der Waals surface area (Å²) in [7, 11) is 0. The first-order valence-corrected chi connectivity index (χ1v) is 15.7. The standard InChI is InChI=1S/C31H30N2O6S2/c1-14(2)24(30(36)37)33-28(34)22-18-12-19(23(22)29(33)35)25-21(18)20(26-27(40-25)32-31(38)41-26)16-9-6-10-17(11-16)39-13-15-7-4-3-5-8-15/h3-11,14,18-25H,12-13H2,1-2H3,(H,32,38)(H,36,37)/t18?,19?,20-,21?,22?,23?,24?,25?/m1/s1. The highest BCUT2D eigenvalue weighted by Gasteiger charge is 2.70. The lowest BCUT2D eigenvalue weighted by Gasteiger charge is -2.43. The Morgan fingerprint density at radius 1 is 1.05 bits per heavy atom. The van der Waals surface area contributed by atoms with E-state index in [0.29, 0.717) is 6.61 Å². The molecule has 0 spiro atoms. The molecule has 8 nitrogen and oxygen atoms in total. The van der Waals surface area contributed by atoms with Crippen LogP contribution in [-0.2, 0) is 21.0 Å². The number of nitrogens with zero attached hydrogens (tertiary/aromatic N) is 1. The SMILES string of the molecule is CC(C)C(C(=O)O)N1C(=O)C2C3CC(C2C1=O)C1C3Sc2[nH]c(=O)sc2[C@@H]1c1cccc(OCc2ccccc2)c1. The molecule has 7 unspecified atom stereocenters. The second-order valence-corrected chi connectivity index (χ2v) is 14.1. The van der Waals surface area contributed by atoms with Crippen molar-refractivity contribution in [1.29, 1.82) is 0 Å². The molecule has 2 bridgehead atoms. The van der Waals surface area contributed by atoms with Crippen molar-refractivity contribution in [2.24, 2.45) is 35.5 Å². The number of ether oxygens (including phenoxy) is 1. The number of carboxylic acid groups (broad SMARTS) is 1. The molecule has 4 aliphatic rings. The normalized spacial score (nSPS) is 30.3. The van der Waals surface area contributed by atoms with E-state index in [-0.39, 0.29) is 45.6 Å². The highest BCUT2D eigenvalue weighted by Crippen LogP contribution is 2.68. The maximum atomic E-state index is 13.8. The largest absolute Gasteiger partial charge is 0.489 e. The Morgan fingerprint density at radius 3 is 2.49 bits per heavy atom. The molecule has 2 aromatic carbocycles. The third-order valence-electron chi connectivity index (χ3n) is 9.39. The number of imide groups is 1. The number of thiazole rings is 1. The van der Waals surface area contributed by atoms with Gasteiger partial charge in [0.15, 0.2) is 0 Å². The maximum absolute atomic E-state index is 13.8. The van der Waals surface area contributed by atoms with Gasteiger partial charge in [0.1, 0.15) is 18.4 Å². The van der Waals surface area contributed by atoms with E-state index in [1.807, 2.05) is 48.5 Å². The molecule has 2 aliphatic heterocycles. The molecule has 3 fully saturated rings. The van der Waals surface area contributed by atoms with Crippen LogP contribution in [0.15, 0.2) is 64.4 Å². The van der Waals surface area contributed by atoms with Crippen LogP contribution in [0.4, 0.5) is 0 Å². The van der Waals surface area contributed by atoms with Crippen molar-refractivity contribution in [2.45, 2.75) is 49.1 Å². The Morgan fingerprint density at radius 2 is 1.78 bits per heavy atom. The van der Waals surface area contributed by atoms with Crippen molar-refractivity contribution in [3.63, 3.8) is 0 Å². The Labute approximate surface area is 245 Å². The molecular formula is C31H30N2O6S2. The van der Waals surface area contributed by atoms with Crippen molar-refractivity contribution < 1.29 is 24.2 Å². The monoisotopic (exact) mass is 590 g/mol. The molecule has 41 heavy (non-hydrogen) atoms. The molecule has 3 heterocycles. The molecule has 2 saturated carbocycles. The first kappa shape index (κ1) is 26.5. The fraction of sp³-hybridized carbons (Fsp3) is 0.419. The zero-order valence-electron chi connectivity index (χ0n) is 22.6. The number of rotatable bonds is 7. The summed E-state index contributed by atoms with van der Waals surface area (Å²) in [6.07, 6.45) is 0.752. The van der Waals surface area contributed by atoms with Crippen LogP contribution in [0.5, 0.6) is 5.75 Å². The molecule has 1 saturated heterocycles. The predicted octanol–water partition coefficient (Wildman–Crippen LogP) is 4.60. The minimum Gasteiger partial charge on any atom is -0.489 e. The van der Waals surface area contributed by atoms with Gasteiger partial charge in [0.2, 0.25) is 11.8 Å². The molecule has 2 amide bonds. The lowest BCUT2D eigenvalue weighted by Crippen LogP contribution is -2.49. The number of fused-ring (bicyclic) bond motifs is 9. The Balaban J connectivity index is 1.25. The van der Waals surface area contributed by atoms with E-state index in [0.717, 1.165) is 38.1 Å². The summed E-state index contributed by atoms with van der Waals surface area (Å²) in [5, 5.41) is 10.8. The highest BCUT2D eigenvalue weighted by molar-refractivity contribution is 8.00. The number of hydrogen-bond donors (Lipinski definition) is 2. The third kappa shape index (κ3) is 4.09. The second kappa shape index (κ2) is 9.87. The number of likely N-dealkylation sites (tertiary alicyclic amines) is 1. The van der Waals surface area contributed by atoms with Crippen molar-refractivity contribution in [2.75, 3.05) is 0 Å². The Hall–Kier alpha value is -3.37. The zero-order valence-corrected chi connectivity index (χ0v) is 24.2. The van der Waals surface area contributed by atoms with E-state index in [2.05, 4.69) is 11.1 Å². The van der Waals surface area contributed by atoms with Crippen LogP contribution in [0.2, 0.25) is 0 Å². The Kier molecular flexibility index (Phi) is 6.39. The van der Waals surface area contributed by atoms with E-state index in [1.165, 1.54) is 11.3 Å². The van der Waals surface area contributed by atoms with Crippen LogP contribution >= 0.6 is 23.1 Å². The van der Waals surface area contributed by atoms with Crippen LogP contribution in [0.3, 0.4) is 0 Å². The van der Waals surface area contributed by atoms with Gasteiger partial charge in [-0.05, 0) is 53.4 Å². The van der Waals surface area contributed by atoms with E-state index in [4.69, 9.17) is 4.74 Å². The van der Waals surface area contributed by atoms with Gasteiger partial charge < -0.3 is 14.8 Å². The highest BCUT2D eigenvalue weighted by atomic mass is 32.2. The van der Waals surface area contributed by atoms with E-state index >= 15 is 0 Å². The number of thioether (sulfide) groups is 1. The molecule has 1 aromatic heterocycles. The van der Waals surface area contributed by atoms with Gasteiger partial charge in [-0.2, -0.15) is 0 Å². The average Bonchev–Trinajstić information content (AvgIpc) is 3.68. The number of nitrogens with one attached hydrogen (secondary N) is 1. The lowest BCUT2D eigenvalue weighted by molar-refractivity contribution is -0.157. The lowest BCUT2D eigenvalue weighted by atomic mass is 9.68. The van der Waals surface area contributed by atoms with Gasteiger partial charge >= 0.3 is 10.8 Å². The molecule has 2 aliphatic carbocycles. The van der Waals surface area contributed by atoms with Crippen LogP contribution < -0.4 is 9.61 Å². The summed E-state index contributed by atoms with van der Waals surface area (Å²) < 4.78 is 6.14. The summed E-state index contributed by atoms with van der Waals surface area (Å²) in [5.41, 5.74) is 2.08. The number of aromatic amines is 1. The topological polar surface area (TPSA) is 117 Å². The smallest absolute Gasteiger partial charge is 0.327 e. The predicted molar refractivity (Wildman–Crippen MR) is 154 cm³/mol. The van der Waals surface area contributed by atoms with Crippen molar-refractivity contribution in [1.82, 2.24) is 9.88 Å². The van der Waals surface area contributed by atoms with Gasteiger partial charge in [-0.3, -0.25) is 19.3 Å². The Bertz CT molecular complexity index is 1600. The summed E-state index contributed by atoms with van der Waals surface area (Å²) in [6, 6.07) is 16.8. The molecule has 7 rings (SSSR count). The van der Waals surface area contributed by atoms with Crippen molar-refractivity contribution in [3.05, 3.63) is 80.3 Å². The molecule has 2 N–H and O–H groups in total. The third-order valence-corrected chi connectivity index (χ3v) is 12.0. The van der Waals surface area contributed by atoms with Crippen molar-refractivity contribution >= 4 is 40.9 Å². The van der Waals surface area contributed by atoms with Crippen LogP contribution in [-0.4, -0.2) is 44.1 Å². The number of aromatic nitrogens is 1. The zero-order chi connectivity index (χ0) is 28.6. The number of hydrogen-bond acceptors (Lipinski definition) is 7. The molecule has 212 valence electrons. The number of H-pyrrole nitrogens is 1. The van der Waals surface area contributed by atoms with E-state index in [9.17, 15) is 24.3 Å². The molecule has 8 atom stereocenters. The second-order valence-electron chi connectivity index (χ2n) is 11.9. The van der Waals surface area contributed by atoms with Gasteiger partial charge in [-0.25, -0.2) is 4.79 Å². The van der Waals surface area contributed by atoms with Crippen LogP contribution in [0.1, 0.15) is 42.2 Å². The van der Waals surface area contributed by atoms with Crippen LogP contribution in [0.25, 0.3) is 0 Å². The minimum absolute atomic E-state index is 0.0357. The number of amides is 2. The summed E-state index contributed by atoms with van der Waals surface area (Å²) in [4.78, 5) is 57.2. The van der Waals surface area contributed by atoms with Crippen LogP contribution in [0, 0.1) is 35.5 Å². The number of benzene rings is 2. The first-order valence-electron chi connectivity index (χ1n) is 14.0. The quantitative estimate of drug-likeness (QED) is 0.387.